The maximum absolute atomic E-state index is 11.8. The lowest BCUT2D eigenvalue weighted by Gasteiger charge is -2.26. The number of hydrogen-bond acceptors (Lipinski definition) is 9. The number of terminal acetylenes is 1. The van der Waals surface area contributed by atoms with Gasteiger partial charge in [0.2, 0.25) is 5.28 Å². The summed E-state index contributed by atoms with van der Waals surface area (Å²) in [6.07, 6.45) is 4.19. The van der Waals surface area contributed by atoms with Crippen molar-refractivity contribution in [2.45, 2.75) is 49.4 Å². The van der Waals surface area contributed by atoms with Gasteiger partial charge in [-0.2, -0.15) is 9.97 Å². The van der Waals surface area contributed by atoms with Crippen LogP contribution in [-0.2, 0) is 20.7 Å². The molecule has 3 heterocycles. The second-order valence-corrected chi connectivity index (χ2v) is 10.1. The highest BCUT2D eigenvalue weighted by Crippen LogP contribution is 2.39. The minimum absolute atomic E-state index is 0.0123. The van der Waals surface area contributed by atoms with Crippen LogP contribution in [0.2, 0.25) is 5.28 Å². The van der Waals surface area contributed by atoms with Crippen LogP contribution in [0, 0.1) is 18.3 Å². The number of aliphatic hydroxyl groups is 2. The van der Waals surface area contributed by atoms with Gasteiger partial charge in [0, 0.05) is 20.0 Å². The van der Waals surface area contributed by atoms with Crippen molar-refractivity contribution in [3.8, 4) is 12.3 Å². The van der Waals surface area contributed by atoms with Crippen LogP contribution in [0.1, 0.15) is 24.6 Å². The summed E-state index contributed by atoms with van der Waals surface area (Å²) in [5.41, 5.74) is -0.660. The number of nitrogens with zero attached hydrogens (tertiary/aromatic N) is 5. The molecule has 1 aliphatic heterocycles. The van der Waals surface area contributed by atoms with Crippen LogP contribution < -0.4 is 4.90 Å². The van der Waals surface area contributed by atoms with Crippen molar-refractivity contribution in [1.29, 1.82) is 0 Å². The van der Waals surface area contributed by atoms with E-state index >= 15 is 0 Å². The molecule has 2 aliphatic rings. The van der Waals surface area contributed by atoms with E-state index in [1.54, 1.807) is 24.3 Å². The van der Waals surface area contributed by atoms with Crippen molar-refractivity contribution in [2.24, 2.45) is 5.92 Å². The minimum atomic E-state index is -2.17. The quantitative estimate of drug-likeness (QED) is 0.256. The average Bonchev–Trinajstić information content (AvgIpc) is 3.57. The van der Waals surface area contributed by atoms with E-state index in [-0.39, 0.29) is 18.3 Å². The normalized spacial score (nSPS) is 25.8. The molecule has 200 valence electrons. The topological polar surface area (TPSA) is 143 Å². The van der Waals surface area contributed by atoms with Crippen LogP contribution >= 0.6 is 11.6 Å². The predicted molar refractivity (Wildman–Crippen MR) is 138 cm³/mol. The number of aliphatic carboxylic acids is 1. The number of benzene rings is 1. The summed E-state index contributed by atoms with van der Waals surface area (Å²) in [5, 5.41) is 31.9. The molecule has 0 bridgehead atoms. The maximum Gasteiger partial charge on any atom is 0.333 e. The second-order valence-electron chi connectivity index (χ2n) is 9.74. The lowest BCUT2D eigenvalue weighted by Crippen LogP contribution is -2.48. The zero-order valence-electron chi connectivity index (χ0n) is 20.6. The first kappa shape index (κ1) is 26.3. The Morgan fingerprint density at radius 2 is 2.11 bits per heavy atom. The largest absolute Gasteiger partial charge is 0.479 e. The summed E-state index contributed by atoms with van der Waals surface area (Å²) < 4.78 is 13.0. The first-order chi connectivity index (χ1) is 18.2. The lowest BCUT2D eigenvalue weighted by molar-refractivity contribution is -0.156. The molecule has 1 aromatic carbocycles. The first-order valence-corrected chi connectivity index (χ1v) is 12.6. The minimum Gasteiger partial charge on any atom is -0.479 e. The Hall–Kier alpha value is -3.27. The SMILES string of the molecule is C#C[C@@]1(O)[C@@H](COC(Cc2ccccc2)C(=O)O)O[C@@H](n2cnc3c(N(C)CC4CC4)nc(Cl)nc32)[C@@H]1O. The molecule has 5 rings (SSSR count). The van der Waals surface area contributed by atoms with Gasteiger partial charge in [-0.3, -0.25) is 4.57 Å². The number of carboxylic acids is 1. The average molecular weight is 542 g/mol. The Balaban J connectivity index is 1.38. The first-order valence-electron chi connectivity index (χ1n) is 12.2. The van der Waals surface area contributed by atoms with E-state index in [2.05, 4.69) is 20.9 Å². The van der Waals surface area contributed by atoms with Gasteiger partial charge in [-0.05, 0) is 35.9 Å². The third-order valence-corrected chi connectivity index (χ3v) is 7.14. The summed E-state index contributed by atoms with van der Waals surface area (Å²) in [6.45, 7) is 0.414. The molecular formula is C26H28ClN5O6. The fraction of sp³-hybridized carbons (Fsp3) is 0.462. The van der Waals surface area contributed by atoms with E-state index in [4.69, 9.17) is 27.5 Å². The van der Waals surface area contributed by atoms with Gasteiger partial charge in [-0.25, -0.2) is 9.78 Å². The van der Waals surface area contributed by atoms with Crippen LogP contribution in [0.4, 0.5) is 5.82 Å². The molecule has 1 saturated heterocycles. The molecular weight excluding hydrogens is 514 g/mol. The summed E-state index contributed by atoms with van der Waals surface area (Å²) in [5.74, 6) is 2.16. The molecule has 1 aliphatic carbocycles. The molecule has 0 spiro atoms. The van der Waals surface area contributed by atoms with Crippen LogP contribution in [0.25, 0.3) is 11.2 Å². The van der Waals surface area contributed by atoms with Gasteiger partial charge in [0.25, 0.3) is 0 Å². The number of halogens is 1. The molecule has 2 aromatic heterocycles. The highest BCUT2D eigenvalue weighted by atomic mass is 35.5. The van der Waals surface area contributed by atoms with E-state index in [9.17, 15) is 20.1 Å². The Morgan fingerprint density at radius 3 is 2.76 bits per heavy atom. The Bertz CT molecular complexity index is 1360. The molecule has 0 radical (unpaired) electrons. The standard InChI is InChI=1S/C26H28ClN5O6/c1-3-26(36)18(13-37-17(24(34)35)11-15-7-5-4-6-8-15)38-23(20(26)33)32-14-28-19-21(29-25(27)30-22(19)32)31(2)12-16-9-10-16/h1,4-8,14,16-18,20,23,33,36H,9-13H2,2H3,(H,34,35)/t17?,18-,20+,23-,26-/m1/s1. The molecule has 2 fully saturated rings. The molecule has 0 amide bonds. The Morgan fingerprint density at radius 1 is 1.37 bits per heavy atom. The summed E-state index contributed by atoms with van der Waals surface area (Å²) in [4.78, 5) is 26.9. The molecule has 11 nitrogen and oxygen atoms in total. The van der Waals surface area contributed by atoms with Gasteiger partial charge < -0.3 is 29.7 Å². The van der Waals surface area contributed by atoms with Crippen molar-refractivity contribution in [3.63, 3.8) is 0 Å². The van der Waals surface area contributed by atoms with Crippen molar-refractivity contribution < 1.29 is 29.6 Å². The summed E-state index contributed by atoms with van der Waals surface area (Å²) >= 11 is 6.23. The van der Waals surface area contributed by atoms with E-state index in [1.807, 2.05) is 18.0 Å². The molecule has 3 N–H and O–H groups in total. The predicted octanol–water partition coefficient (Wildman–Crippen LogP) is 1.66. The van der Waals surface area contributed by atoms with Crippen LogP contribution in [0.5, 0.6) is 0 Å². The fourth-order valence-corrected chi connectivity index (χ4v) is 4.83. The zero-order valence-corrected chi connectivity index (χ0v) is 21.4. The van der Waals surface area contributed by atoms with E-state index in [0.29, 0.717) is 22.9 Å². The molecule has 38 heavy (non-hydrogen) atoms. The summed E-state index contributed by atoms with van der Waals surface area (Å²) in [7, 11) is 1.90. The number of imidazole rings is 1. The number of ether oxygens (including phenoxy) is 2. The van der Waals surface area contributed by atoms with Gasteiger partial charge in [0.05, 0.1) is 12.9 Å². The van der Waals surface area contributed by atoms with Gasteiger partial charge >= 0.3 is 5.97 Å². The van der Waals surface area contributed by atoms with Crippen molar-refractivity contribution >= 4 is 34.6 Å². The third-order valence-electron chi connectivity index (χ3n) is 6.98. The van der Waals surface area contributed by atoms with Crippen LogP contribution in [-0.4, -0.2) is 84.9 Å². The molecule has 1 saturated carbocycles. The number of carboxylic acid groups (broad SMARTS) is 1. The van der Waals surface area contributed by atoms with E-state index in [1.165, 1.54) is 10.9 Å². The number of fused-ring (bicyclic) bond motifs is 1. The van der Waals surface area contributed by atoms with Crippen molar-refractivity contribution in [2.75, 3.05) is 25.1 Å². The monoisotopic (exact) mass is 541 g/mol. The number of hydrogen-bond donors (Lipinski definition) is 3. The number of aromatic nitrogens is 4. The van der Waals surface area contributed by atoms with Crippen LogP contribution in [0.15, 0.2) is 36.7 Å². The Kier molecular flexibility index (Phi) is 7.26. The highest BCUT2D eigenvalue weighted by molar-refractivity contribution is 6.28. The van der Waals surface area contributed by atoms with Gasteiger partial charge in [0.15, 0.2) is 34.9 Å². The Labute approximate surface area is 224 Å². The fourth-order valence-electron chi connectivity index (χ4n) is 4.67. The number of aliphatic hydroxyl groups excluding tert-OH is 1. The third kappa shape index (κ3) is 5.06. The maximum atomic E-state index is 11.8. The zero-order chi connectivity index (χ0) is 27.0. The van der Waals surface area contributed by atoms with Gasteiger partial charge in [-0.1, -0.05) is 36.3 Å². The molecule has 1 unspecified atom stereocenters. The molecule has 3 aromatic rings. The van der Waals surface area contributed by atoms with E-state index in [0.717, 1.165) is 24.9 Å². The molecule has 5 atom stereocenters. The van der Waals surface area contributed by atoms with Gasteiger partial charge in [0.1, 0.15) is 12.2 Å². The number of rotatable bonds is 10. The van der Waals surface area contributed by atoms with Crippen LogP contribution in [0.3, 0.4) is 0 Å². The number of anilines is 1. The van der Waals surface area contributed by atoms with Gasteiger partial charge in [-0.15, -0.1) is 6.42 Å². The highest BCUT2D eigenvalue weighted by Gasteiger charge is 2.56. The lowest BCUT2D eigenvalue weighted by atomic mass is 9.93. The van der Waals surface area contributed by atoms with E-state index < -0.39 is 36.1 Å². The second kappa shape index (κ2) is 10.5. The van der Waals surface area contributed by atoms with Crippen molar-refractivity contribution in [1.82, 2.24) is 19.5 Å². The molecule has 12 heteroatoms. The number of carbonyl (C=O) groups is 1. The smallest absolute Gasteiger partial charge is 0.333 e. The summed E-state index contributed by atoms with van der Waals surface area (Å²) in [6, 6.07) is 9.00. The van der Waals surface area contributed by atoms with Crippen molar-refractivity contribution in [3.05, 3.63) is 47.5 Å².